The monoisotopic (exact) mass is 295 g/mol. The highest BCUT2D eigenvalue weighted by atomic mass is 35.5. The van der Waals surface area contributed by atoms with Gasteiger partial charge in [-0.05, 0) is 43.3 Å². The average molecular weight is 296 g/mol. The van der Waals surface area contributed by atoms with E-state index in [9.17, 15) is 4.79 Å². The SMILES string of the molecule is C/C(=C\c1cccn1-c1cc(Cl)cc(Cl)c1)C(=O)O. The van der Waals surface area contributed by atoms with Gasteiger partial charge in [-0.1, -0.05) is 23.2 Å². The van der Waals surface area contributed by atoms with E-state index in [1.165, 1.54) is 0 Å². The van der Waals surface area contributed by atoms with Gasteiger partial charge in [0, 0.05) is 33.2 Å². The Morgan fingerprint density at radius 1 is 1.26 bits per heavy atom. The molecule has 0 aliphatic heterocycles. The molecule has 0 fully saturated rings. The van der Waals surface area contributed by atoms with Gasteiger partial charge in [-0.3, -0.25) is 0 Å². The van der Waals surface area contributed by atoms with Gasteiger partial charge in [-0.15, -0.1) is 0 Å². The lowest BCUT2D eigenvalue weighted by atomic mass is 10.2. The first-order valence-electron chi connectivity index (χ1n) is 5.53. The van der Waals surface area contributed by atoms with Gasteiger partial charge in [0.05, 0.1) is 0 Å². The Hall–Kier alpha value is -1.71. The molecule has 0 bridgehead atoms. The molecule has 19 heavy (non-hydrogen) atoms. The zero-order valence-electron chi connectivity index (χ0n) is 10.1. The maximum atomic E-state index is 10.9. The normalized spacial score (nSPS) is 11.6. The van der Waals surface area contributed by atoms with Gasteiger partial charge >= 0.3 is 5.97 Å². The predicted octanol–water partition coefficient (Wildman–Crippen LogP) is 4.27. The van der Waals surface area contributed by atoms with E-state index in [4.69, 9.17) is 28.3 Å². The first-order valence-corrected chi connectivity index (χ1v) is 6.28. The molecule has 0 atom stereocenters. The second-order valence-electron chi connectivity index (χ2n) is 4.06. The summed E-state index contributed by atoms with van der Waals surface area (Å²) in [4.78, 5) is 10.9. The van der Waals surface area contributed by atoms with E-state index in [1.807, 2.05) is 22.9 Å². The van der Waals surface area contributed by atoms with Gasteiger partial charge in [0.15, 0.2) is 0 Å². The van der Waals surface area contributed by atoms with Crippen molar-refractivity contribution >= 4 is 35.2 Å². The molecule has 2 aromatic rings. The number of rotatable bonds is 3. The number of carboxylic acids is 1. The van der Waals surface area contributed by atoms with Crippen molar-refractivity contribution in [1.29, 1.82) is 0 Å². The van der Waals surface area contributed by atoms with E-state index in [-0.39, 0.29) is 5.57 Å². The third-order valence-corrected chi connectivity index (χ3v) is 3.04. The van der Waals surface area contributed by atoms with Gasteiger partial charge in [0.1, 0.15) is 0 Å². The van der Waals surface area contributed by atoms with Gasteiger partial charge in [-0.25, -0.2) is 4.79 Å². The number of carbonyl (C=O) groups is 1. The molecule has 1 aromatic heterocycles. The molecule has 5 heteroatoms. The summed E-state index contributed by atoms with van der Waals surface area (Å²) < 4.78 is 1.82. The van der Waals surface area contributed by atoms with Crippen LogP contribution in [0.2, 0.25) is 10.0 Å². The molecule has 98 valence electrons. The molecule has 0 spiro atoms. The first kappa shape index (κ1) is 13.7. The highest BCUT2D eigenvalue weighted by Gasteiger charge is 2.06. The number of aliphatic carboxylic acids is 1. The Balaban J connectivity index is 2.50. The zero-order valence-corrected chi connectivity index (χ0v) is 11.6. The Bertz CT molecular complexity index is 639. The maximum absolute atomic E-state index is 10.9. The number of aromatic nitrogens is 1. The summed E-state index contributed by atoms with van der Waals surface area (Å²) in [5.74, 6) is -0.947. The minimum Gasteiger partial charge on any atom is -0.478 e. The van der Waals surface area contributed by atoms with Crippen molar-refractivity contribution in [2.75, 3.05) is 0 Å². The van der Waals surface area contributed by atoms with Crippen molar-refractivity contribution in [3.8, 4) is 5.69 Å². The standard InChI is InChI=1S/C14H11Cl2NO2/c1-9(14(18)19)5-12-3-2-4-17(12)13-7-10(15)6-11(16)8-13/h2-8H,1H3,(H,18,19)/b9-5+. The van der Waals surface area contributed by atoms with Crippen LogP contribution in [0, 0.1) is 0 Å². The van der Waals surface area contributed by atoms with Gasteiger partial charge < -0.3 is 9.67 Å². The van der Waals surface area contributed by atoms with Crippen molar-refractivity contribution < 1.29 is 9.90 Å². The molecule has 3 nitrogen and oxygen atoms in total. The van der Waals surface area contributed by atoms with E-state index < -0.39 is 5.97 Å². The van der Waals surface area contributed by atoms with Crippen molar-refractivity contribution in [3.63, 3.8) is 0 Å². The fraction of sp³-hybridized carbons (Fsp3) is 0.0714. The average Bonchev–Trinajstić information content (AvgIpc) is 2.75. The second-order valence-corrected chi connectivity index (χ2v) is 4.94. The van der Waals surface area contributed by atoms with Crippen LogP contribution < -0.4 is 0 Å². The number of hydrogen-bond donors (Lipinski definition) is 1. The van der Waals surface area contributed by atoms with Crippen molar-refractivity contribution in [3.05, 3.63) is 57.8 Å². The van der Waals surface area contributed by atoms with Crippen LogP contribution in [0.15, 0.2) is 42.1 Å². The van der Waals surface area contributed by atoms with Gasteiger partial charge in [0.2, 0.25) is 0 Å². The van der Waals surface area contributed by atoms with Crippen LogP contribution >= 0.6 is 23.2 Å². The summed E-state index contributed by atoms with van der Waals surface area (Å²) >= 11 is 11.9. The summed E-state index contributed by atoms with van der Waals surface area (Å²) in [6.45, 7) is 1.55. The molecule has 0 saturated heterocycles. The highest BCUT2D eigenvalue weighted by Crippen LogP contribution is 2.24. The lowest BCUT2D eigenvalue weighted by molar-refractivity contribution is -0.132. The summed E-state index contributed by atoms with van der Waals surface area (Å²) in [6, 6.07) is 8.83. The number of nitrogens with zero attached hydrogens (tertiary/aromatic N) is 1. The molecule has 0 saturated carbocycles. The molecule has 1 aromatic carbocycles. The zero-order chi connectivity index (χ0) is 14.0. The number of halogens is 2. The Morgan fingerprint density at radius 2 is 1.89 bits per heavy atom. The quantitative estimate of drug-likeness (QED) is 0.859. The molecule has 0 radical (unpaired) electrons. The minimum absolute atomic E-state index is 0.257. The van der Waals surface area contributed by atoms with Crippen LogP contribution in [0.3, 0.4) is 0 Å². The summed E-state index contributed by atoms with van der Waals surface area (Å²) in [7, 11) is 0. The second kappa shape index (κ2) is 5.51. The molecular weight excluding hydrogens is 285 g/mol. The summed E-state index contributed by atoms with van der Waals surface area (Å²) in [5, 5.41) is 9.97. The summed E-state index contributed by atoms with van der Waals surface area (Å²) in [6.07, 6.45) is 3.42. The van der Waals surface area contributed by atoms with E-state index in [1.54, 1.807) is 31.2 Å². The largest absolute Gasteiger partial charge is 0.478 e. The number of hydrogen-bond acceptors (Lipinski definition) is 1. The molecular formula is C14H11Cl2NO2. The lowest BCUT2D eigenvalue weighted by Gasteiger charge is -2.08. The van der Waals surface area contributed by atoms with E-state index >= 15 is 0 Å². The third-order valence-electron chi connectivity index (χ3n) is 2.61. The summed E-state index contributed by atoms with van der Waals surface area (Å²) in [5.41, 5.74) is 1.79. The molecule has 0 aliphatic rings. The van der Waals surface area contributed by atoms with Crippen molar-refractivity contribution in [2.24, 2.45) is 0 Å². The maximum Gasteiger partial charge on any atom is 0.331 e. The molecule has 1 heterocycles. The van der Waals surface area contributed by atoms with Gasteiger partial charge in [0.25, 0.3) is 0 Å². The van der Waals surface area contributed by atoms with E-state index in [2.05, 4.69) is 0 Å². The minimum atomic E-state index is -0.947. The van der Waals surface area contributed by atoms with Crippen LogP contribution in [0.5, 0.6) is 0 Å². The van der Waals surface area contributed by atoms with Crippen LogP contribution in [-0.4, -0.2) is 15.6 Å². The predicted molar refractivity (Wildman–Crippen MR) is 77.1 cm³/mol. The van der Waals surface area contributed by atoms with Crippen molar-refractivity contribution in [2.45, 2.75) is 6.92 Å². The van der Waals surface area contributed by atoms with Crippen LogP contribution in [-0.2, 0) is 4.79 Å². The van der Waals surface area contributed by atoms with E-state index in [0.717, 1.165) is 11.4 Å². The number of carboxylic acid groups (broad SMARTS) is 1. The van der Waals surface area contributed by atoms with E-state index in [0.29, 0.717) is 10.0 Å². The highest BCUT2D eigenvalue weighted by molar-refractivity contribution is 6.34. The third kappa shape index (κ3) is 3.19. The number of benzene rings is 1. The first-order chi connectivity index (χ1) is 8.97. The van der Waals surface area contributed by atoms with Crippen LogP contribution in [0.25, 0.3) is 11.8 Å². The molecule has 0 amide bonds. The fourth-order valence-electron chi connectivity index (χ4n) is 1.71. The van der Waals surface area contributed by atoms with Crippen LogP contribution in [0.1, 0.15) is 12.6 Å². The van der Waals surface area contributed by atoms with Crippen LogP contribution in [0.4, 0.5) is 0 Å². The Kier molecular flexibility index (Phi) is 3.98. The lowest BCUT2D eigenvalue weighted by Crippen LogP contribution is -1.99. The topological polar surface area (TPSA) is 42.2 Å². The molecule has 2 rings (SSSR count). The Morgan fingerprint density at radius 3 is 2.47 bits per heavy atom. The smallest absolute Gasteiger partial charge is 0.331 e. The van der Waals surface area contributed by atoms with Crippen molar-refractivity contribution in [1.82, 2.24) is 4.57 Å². The molecule has 0 unspecified atom stereocenters. The Labute approximate surface area is 120 Å². The van der Waals surface area contributed by atoms with Gasteiger partial charge in [-0.2, -0.15) is 0 Å². The fourth-order valence-corrected chi connectivity index (χ4v) is 2.22. The molecule has 0 aliphatic carbocycles. The molecule has 1 N–H and O–H groups in total.